The number of quaternary nitrogens is 1. The number of piperidine rings is 2. The van der Waals surface area contributed by atoms with Gasteiger partial charge in [0.05, 0.1) is 11.1 Å². The second-order valence-corrected chi connectivity index (χ2v) is 19.5. The van der Waals surface area contributed by atoms with Gasteiger partial charge in [0, 0.05) is 128 Å². The van der Waals surface area contributed by atoms with Gasteiger partial charge in [-0.3, -0.25) is 29.4 Å². The zero-order valence-corrected chi connectivity index (χ0v) is 36.3. The van der Waals surface area contributed by atoms with Crippen molar-refractivity contribution in [2.75, 3.05) is 55.6 Å². The van der Waals surface area contributed by atoms with Crippen LogP contribution in [0.1, 0.15) is 80.4 Å². The Bertz CT molecular complexity index is 2560. The molecule has 4 aliphatic heterocycles. The molecule has 4 fully saturated rings. The van der Waals surface area contributed by atoms with E-state index >= 15 is 4.39 Å². The minimum Gasteiger partial charge on any atom is -0.632 e. The predicted octanol–water partition coefficient (Wildman–Crippen LogP) is 5.28. The van der Waals surface area contributed by atoms with Crippen LogP contribution in [0.4, 0.5) is 15.8 Å². The lowest BCUT2D eigenvalue weighted by Gasteiger charge is -2.63. The smallest absolute Gasteiger partial charge is 0.285 e. The molecule has 15 heteroatoms. The second-order valence-electron chi connectivity index (χ2n) is 19.5. The van der Waals surface area contributed by atoms with E-state index in [1.54, 1.807) is 18.2 Å². The molecule has 9 rings (SSSR count). The summed E-state index contributed by atoms with van der Waals surface area (Å²) < 4.78 is 22.3. The highest BCUT2D eigenvalue weighted by molar-refractivity contribution is 5.99. The lowest BCUT2D eigenvalue weighted by atomic mass is 9.49. The molecular weight excluding hydrogens is 804 g/mol. The molecule has 14 nitrogen and oxygen atoms in total. The standard InChI is InChI=1S/C48H55FN8O6/c1-46(2)44(47(3,4)45(46)63-38-14-8-31(26-50)41-36(38)12-15-39(58)51-41)53-42(60)30-5-9-34(10-6-30)55-19-17-48(49,18-20-55)29-54-21-23-56(24-22-54)35-11-7-32-27-57(62,28-33(32)25-35)37-13-16-40(59)52-43(37)61/h5-12,14-15,25,37,44-45H,13,16-24,27-29H2,1-4H3,(H,51,58)(H,53,60)(H,52,59,61)/t37-,44?,45?,57?/m0/s1. The minimum atomic E-state index is -1.30. The number of piperazine rings is 1. The van der Waals surface area contributed by atoms with E-state index in [2.05, 4.69) is 70.1 Å². The largest absolute Gasteiger partial charge is 0.632 e. The number of carbonyl (C=O) groups is 3. The maximum Gasteiger partial charge on any atom is 0.285 e. The Morgan fingerprint density at radius 3 is 2.24 bits per heavy atom. The van der Waals surface area contributed by atoms with Crippen LogP contribution in [0.2, 0.25) is 0 Å². The van der Waals surface area contributed by atoms with Gasteiger partial charge in [0.15, 0.2) is 6.04 Å². The quantitative estimate of drug-likeness (QED) is 0.114. The molecule has 5 aliphatic rings. The third-order valence-electron chi connectivity index (χ3n) is 14.6. The Labute approximate surface area is 366 Å². The van der Waals surface area contributed by atoms with Crippen LogP contribution < -0.4 is 30.7 Å². The van der Waals surface area contributed by atoms with E-state index in [9.17, 15) is 29.6 Å². The summed E-state index contributed by atoms with van der Waals surface area (Å²) in [6.45, 7) is 13.2. The molecule has 0 spiro atoms. The number of nitriles is 1. The summed E-state index contributed by atoms with van der Waals surface area (Å²) in [5.74, 6) is -0.417. The van der Waals surface area contributed by atoms with Gasteiger partial charge in [-0.25, -0.2) is 4.39 Å². The summed E-state index contributed by atoms with van der Waals surface area (Å²) in [6.07, 6.45) is 1.00. The number of rotatable bonds is 9. The maximum absolute atomic E-state index is 16.4. The van der Waals surface area contributed by atoms with Crippen LogP contribution >= 0.6 is 0 Å². The number of hydrogen-bond donors (Lipinski definition) is 3. The van der Waals surface area contributed by atoms with Gasteiger partial charge in [-0.05, 0) is 54.6 Å². The Morgan fingerprint density at radius 1 is 0.889 bits per heavy atom. The molecule has 1 aliphatic carbocycles. The van der Waals surface area contributed by atoms with E-state index in [0.29, 0.717) is 60.3 Å². The van der Waals surface area contributed by atoms with Crippen molar-refractivity contribution in [2.45, 2.75) is 90.3 Å². The molecule has 4 aromatic rings. The van der Waals surface area contributed by atoms with Crippen molar-refractivity contribution in [1.82, 2.24) is 20.5 Å². The summed E-state index contributed by atoms with van der Waals surface area (Å²) in [5, 5.41) is 29.6. The fourth-order valence-corrected chi connectivity index (χ4v) is 11.4. The number of halogens is 1. The predicted molar refractivity (Wildman–Crippen MR) is 237 cm³/mol. The lowest BCUT2D eigenvalue weighted by Crippen LogP contribution is -2.74. The molecule has 3 saturated heterocycles. The van der Waals surface area contributed by atoms with E-state index in [4.69, 9.17) is 4.74 Å². The van der Waals surface area contributed by atoms with Gasteiger partial charge in [0.25, 0.3) is 11.8 Å². The number of imide groups is 1. The van der Waals surface area contributed by atoms with E-state index in [0.717, 1.165) is 48.7 Å². The van der Waals surface area contributed by atoms with Gasteiger partial charge >= 0.3 is 0 Å². The Balaban J connectivity index is 0.749. The van der Waals surface area contributed by atoms with Crippen LogP contribution in [0, 0.1) is 27.4 Å². The summed E-state index contributed by atoms with van der Waals surface area (Å²) in [7, 11) is 0. The summed E-state index contributed by atoms with van der Waals surface area (Å²) in [4.78, 5) is 59.3. The number of benzene rings is 3. The molecule has 1 aromatic heterocycles. The number of nitrogens with one attached hydrogen (secondary N) is 3. The highest BCUT2D eigenvalue weighted by Gasteiger charge is 2.64. The molecule has 1 unspecified atom stereocenters. The molecule has 0 radical (unpaired) electrons. The van der Waals surface area contributed by atoms with E-state index < -0.39 is 33.1 Å². The van der Waals surface area contributed by atoms with Crippen LogP contribution in [0.25, 0.3) is 10.9 Å². The molecule has 63 heavy (non-hydrogen) atoms. The average Bonchev–Trinajstić information content (AvgIpc) is 3.60. The number of aromatic amines is 1. The summed E-state index contributed by atoms with van der Waals surface area (Å²) in [6, 6.07) is 21.2. The third-order valence-corrected chi connectivity index (χ3v) is 14.6. The summed E-state index contributed by atoms with van der Waals surface area (Å²) in [5.41, 5.74) is 2.72. The molecular formula is C48H55FN8O6. The molecule has 0 bridgehead atoms. The lowest BCUT2D eigenvalue weighted by molar-refractivity contribution is -0.916. The topological polar surface area (TPSA) is 174 Å². The van der Waals surface area contributed by atoms with Crippen LogP contribution in [0.3, 0.4) is 0 Å². The number of aromatic nitrogens is 1. The first-order valence-electron chi connectivity index (χ1n) is 22.0. The van der Waals surface area contributed by atoms with Crippen molar-refractivity contribution in [3.05, 3.63) is 105 Å². The van der Waals surface area contributed by atoms with E-state index in [1.807, 2.05) is 36.4 Å². The number of hydrogen-bond acceptors (Lipinski definition) is 10. The Kier molecular flexibility index (Phi) is 10.6. The maximum atomic E-state index is 16.4. The number of nitrogens with zero attached hydrogens (tertiary/aromatic N) is 5. The van der Waals surface area contributed by atoms with Crippen molar-refractivity contribution in [1.29, 1.82) is 5.26 Å². The number of hydroxylamine groups is 3. The molecule has 3 N–H and O–H groups in total. The van der Waals surface area contributed by atoms with Crippen LogP contribution in [-0.2, 0) is 22.7 Å². The normalized spacial score (nSPS) is 26.3. The Hall–Kier alpha value is -5.82. The van der Waals surface area contributed by atoms with Crippen molar-refractivity contribution < 1.29 is 28.2 Å². The van der Waals surface area contributed by atoms with Gasteiger partial charge in [-0.15, -0.1) is 0 Å². The highest BCUT2D eigenvalue weighted by atomic mass is 19.1. The number of anilines is 2. The highest BCUT2D eigenvalue weighted by Crippen LogP contribution is 2.56. The number of fused-ring (bicyclic) bond motifs is 2. The SMILES string of the molecule is CC1(C)C(NC(=O)c2ccc(N3CCC(F)(CN4CCN(c5ccc6c(c5)C[N+]([O-])([C@H]5CCC(=O)NC5=O)C6)CC4)CC3)cc2)C(C)(C)C1Oc1ccc(C#N)c2[nH]c(=O)ccc12. The Morgan fingerprint density at radius 2 is 1.56 bits per heavy atom. The van der Waals surface area contributed by atoms with Crippen molar-refractivity contribution in [2.24, 2.45) is 10.8 Å². The number of amides is 3. The number of carbonyl (C=O) groups excluding carboxylic acids is 3. The van der Waals surface area contributed by atoms with E-state index in [-0.39, 0.29) is 55.5 Å². The minimum absolute atomic E-state index is 0.182. The first-order valence-corrected chi connectivity index (χ1v) is 22.0. The van der Waals surface area contributed by atoms with Gasteiger partial charge < -0.3 is 34.7 Å². The van der Waals surface area contributed by atoms with E-state index in [1.165, 1.54) is 6.07 Å². The number of alkyl halides is 1. The monoisotopic (exact) mass is 858 g/mol. The van der Waals surface area contributed by atoms with Gasteiger partial charge in [-0.2, -0.15) is 5.26 Å². The number of H-pyrrole nitrogens is 1. The zero-order chi connectivity index (χ0) is 44.5. The van der Waals surface area contributed by atoms with Gasteiger partial charge in [0.1, 0.15) is 36.7 Å². The number of pyridine rings is 1. The fraction of sp³-hybridized carbons (Fsp3) is 0.479. The molecule has 3 amide bonds. The average molecular weight is 859 g/mol. The zero-order valence-electron chi connectivity index (χ0n) is 36.3. The molecule has 1 saturated carbocycles. The van der Waals surface area contributed by atoms with Crippen molar-refractivity contribution in [3.63, 3.8) is 0 Å². The first kappa shape index (κ1) is 42.5. The van der Waals surface area contributed by atoms with Gasteiger partial charge in [-0.1, -0.05) is 33.8 Å². The fourth-order valence-electron chi connectivity index (χ4n) is 11.4. The molecule has 3 aromatic carbocycles. The van der Waals surface area contributed by atoms with Crippen LogP contribution in [0.5, 0.6) is 5.75 Å². The van der Waals surface area contributed by atoms with Crippen LogP contribution in [-0.4, -0.2) is 102 Å². The molecule has 5 heterocycles. The van der Waals surface area contributed by atoms with Crippen molar-refractivity contribution in [3.8, 4) is 11.8 Å². The number of ether oxygens (including phenoxy) is 1. The first-order chi connectivity index (χ1) is 30.0. The molecule has 330 valence electrons. The van der Waals surface area contributed by atoms with Gasteiger partial charge in [0.2, 0.25) is 11.5 Å². The second kappa shape index (κ2) is 15.8. The molecule has 2 atom stereocenters. The van der Waals surface area contributed by atoms with Crippen LogP contribution in [0.15, 0.2) is 71.5 Å². The third kappa shape index (κ3) is 7.82. The summed E-state index contributed by atoms with van der Waals surface area (Å²) >= 11 is 0. The van der Waals surface area contributed by atoms with Crippen molar-refractivity contribution >= 4 is 40.0 Å².